The lowest BCUT2D eigenvalue weighted by molar-refractivity contribution is 0.402. The molecule has 0 bridgehead atoms. The topological polar surface area (TPSA) is 107 Å². The van der Waals surface area contributed by atoms with Crippen molar-refractivity contribution < 1.29 is 13.2 Å². The van der Waals surface area contributed by atoms with E-state index in [1.165, 1.54) is 19.4 Å². The average molecular weight is 308 g/mol. The molecule has 0 unspecified atom stereocenters. The molecule has 112 valence electrons. The molecule has 0 fully saturated rings. The van der Waals surface area contributed by atoms with Gasteiger partial charge < -0.3 is 10.5 Å². The number of methoxy groups -OCH3 is 1. The maximum atomic E-state index is 12.4. The van der Waals surface area contributed by atoms with Crippen LogP contribution < -0.4 is 15.2 Å². The summed E-state index contributed by atoms with van der Waals surface area (Å²) in [4.78, 5) is 0.0526. The number of nitrogens with one attached hydrogen (secondary N) is 1. The second kappa shape index (κ2) is 6.61. The second-order valence-electron chi connectivity index (χ2n) is 4.23. The van der Waals surface area contributed by atoms with E-state index >= 15 is 0 Å². The number of sulfonamides is 1. The fraction of sp³-hybridized carbons (Fsp3) is 0.231. The Bertz CT molecular complexity index is 705. The third-order valence-corrected chi connectivity index (χ3v) is 4.25. The van der Waals surface area contributed by atoms with Crippen LogP contribution in [0.1, 0.15) is 11.3 Å². The summed E-state index contributed by atoms with van der Waals surface area (Å²) < 4.78 is 32.3. The van der Waals surface area contributed by atoms with Gasteiger partial charge in [0.1, 0.15) is 10.6 Å². The zero-order chi connectivity index (χ0) is 15.3. The predicted octanol–water partition coefficient (Wildman–Crippen LogP) is 0.422. The SMILES string of the molecule is COc1ccc(CN)cc1S(=O)(=O)NCc1cccnn1. The van der Waals surface area contributed by atoms with Crippen LogP contribution in [0.15, 0.2) is 41.4 Å². The van der Waals surface area contributed by atoms with Gasteiger partial charge in [-0.25, -0.2) is 13.1 Å². The van der Waals surface area contributed by atoms with Gasteiger partial charge in [0, 0.05) is 12.7 Å². The highest BCUT2D eigenvalue weighted by Gasteiger charge is 2.20. The Labute approximate surface area is 123 Å². The zero-order valence-corrected chi connectivity index (χ0v) is 12.3. The highest BCUT2D eigenvalue weighted by atomic mass is 32.2. The first-order chi connectivity index (χ1) is 10.1. The molecule has 0 amide bonds. The number of nitrogens with two attached hydrogens (primary N) is 1. The minimum absolute atomic E-state index is 0.0478. The van der Waals surface area contributed by atoms with Crippen LogP contribution in [0.2, 0.25) is 0 Å². The molecule has 0 radical (unpaired) electrons. The summed E-state index contributed by atoms with van der Waals surface area (Å²) in [6.07, 6.45) is 1.52. The second-order valence-corrected chi connectivity index (χ2v) is 5.96. The maximum absolute atomic E-state index is 12.4. The van der Waals surface area contributed by atoms with Crippen LogP contribution in [0.3, 0.4) is 0 Å². The summed E-state index contributed by atoms with van der Waals surface area (Å²) in [7, 11) is -2.32. The molecule has 0 spiro atoms. The standard InChI is InChI=1S/C13H16N4O3S/c1-20-12-5-4-10(8-14)7-13(12)21(18,19)16-9-11-3-2-6-15-17-11/h2-7,16H,8-9,14H2,1H3. The molecule has 21 heavy (non-hydrogen) atoms. The third-order valence-electron chi connectivity index (χ3n) is 2.82. The number of rotatable bonds is 6. The summed E-state index contributed by atoms with van der Waals surface area (Å²) in [6.45, 7) is 0.294. The number of ether oxygens (including phenoxy) is 1. The van der Waals surface area contributed by atoms with Crippen molar-refractivity contribution in [1.29, 1.82) is 0 Å². The number of aromatic nitrogens is 2. The first kappa shape index (κ1) is 15.4. The average Bonchev–Trinajstić information content (AvgIpc) is 2.53. The molecular formula is C13H16N4O3S. The van der Waals surface area contributed by atoms with E-state index in [1.54, 1.807) is 24.3 Å². The van der Waals surface area contributed by atoms with Crippen LogP contribution in [-0.2, 0) is 23.1 Å². The van der Waals surface area contributed by atoms with Crippen LogP contribution >= 0.6 is 0 Å². The fourth-order valence-corrected chi connectivity index (χ4v) is 2.95. The highest BCUT2D eigenvalue weighted by Crippen LogP contribution is 2.24. The summed E-state index contributed by atoms with van der Waals surface area (Å²) >= 11 is 0. The monoisotopic (exact) mass is 308 g/mol. The summed E-state index contributed by atoms with van der Waals surface area (Å²) in [5.41, 5.74) is 6.77. The van der Waals surface area contributed by atoms with E-state index in [2.05, 4.69) is 14.9 Å². The van der Waals surface area contributed by atoms with E-state index in [9.17, 15) is 8.42 Å². The van der Waals surface area contributed by atoms with Gasteiger partial charge in [0.2, 0.25) is 10.0 Å². The van der Waals surface area contributed by atoms with Crippen molar-refractivity contribution in [3.05, 3.63) is 47.8 Å². The van der Waals surface area contributed by atoms with E-state index in [-0.39, 0.29) is 23.7 Å². The van der Waals surface area contributed by atoms with Gasteiger partial charge in [-0.05, 0) is 29.8 Å². The lowest BCUT2D eigenvalue weighted by Crippen LogP contribution is -2.24. The number of nitrogens with zero attached hydrogens (tertiary/aromatic N) is 2. The molecule has 3 N–H and O–H groups in total. The van der Waals surface area contributed by atoms with Crippen LogP contribution in [0.5, 0.6) is 5.75 Å². The molecule has 0 saturated carbocycles. The summed E-state index contributed by atoms with van der Waals surface area (Å²) in [5, 5.41) is 7.52. The van der Waals surface area contributed by atoms with Gasteiger partial charge in [0.25, 0.3) is 0 Å². The van der Waals surface area contributed by atoms with Crippen LogP contribution in [0.25, 0.3) is 0 Å². The van der Waals surface area contributed by atoms with E-state index in [4.69, 9.17) is 10.5 Å². The Morgan fingerprint density at radius 2 is 2.14 bits per heavy atom. The van der Waals surface area contributed by atoms with Crippen molar-refractivity contribution in [3.63, 3.8) is 0 Å². The Morgan fingerprint density at radius 3 is 2.76 bits per heavy atom. The van der Waals surface area contributed by atoms with Gasteiger partial charge in [0.05, 0.1) is 19.3 Å². The Balaban J connectivity index is 2.26. The lowest BCUT2D eigenvalue weighted by atomic mass is 10.2. The summed E-state index contributed by atoms with van der Waals surface area (Å²) in [6, 6.07) is 8.17. The number of hydrogen-bond donors (Lipinski definition) is 2. The van der Waals surface area contributed by atoms with Crippen molar-refractivity contribution in [1.82, 2.24) is 14.9 Å². The first-order valence-electron chi connectivity index (χ1n) is 6.20. The van der Waals surface area contributed by atoms with Crippen LogP contribution in [0.4, 0.5) is 0 Å². The third kappa shape index (κ3) is 3.75. The smallest absolute Gasteiger partial charge is 0.244 e. The van der Waals surface area contributed by atoms with E-state index in [0.717, 1.165) is 0 Å². The van der Waals surface area contributed by atoms with Crippen molar-refractivity contribution in [3.8, 4) is 5.75 Å². The largest absolute Gasteiger partial charge is 0.495 e. The molecule has 0 aliphatic carbocycles. The van der Waals surface area contributed by atoms with Gasteiger partial charge in [-0.1, -0.05) is 6.07 Å². The summed E-state index contributed by atoms with van der Waals surface area (Å²) in [5.74, 6) is 0.263. The van der Waals surface area contributed by atoms with Crippen molar-refractivity contribution in [2.24, 2.45) is 5.73 Å². The first-order valence-corrected chi connectivity index (χ1v) is 7.68. The molecule has 1 heterocycles. The molecule has 0 aliphatic rings. The Hall–Kier alpha value is -2.03. The van der Waals surface area contributed by atoms with Gasteiger partial charge in [-0.2, -0.15) is 10.2 Å². The fourth-order valence-electron chi connectivity index (χ4n) is 1.73. The molecule has 8 heteroatoms. The zero-order valence-electron chi connectivity index (χ0n) is 11.5. The molecular weight excluding hydrogens is 292 g/mol. The maximum Gasteiger partial charge on any atom is 0.244 e. The minimum atomic E-state index is -3.73. The molecule has 1 aromatic carbocycles. The molecule has 0 aliphatic heterocycles. The molecule has 0 atom stereocenters. The van der Waals surface area contributed by atoms with Crippen molar-refractivity contribution >= 4 is 10.0 Å². The quantitative estimate of drug-likeness (QED) is 0.801. The van der Waals surface area contributed by atoms with E-state index in [0.29, 0.717) is 11.3 Å². The lowest BCUT2D eigenvalue weighted by Gasteiger charge is -2.11. The number of benzene rings is 1. The van der Waals surface area contributed by atoms with Gasteiger partial charge in [0.15, 0.2) is 0 Å². The van der Waals surface area contributed by atoms with E-state index < -0.39 is 10.0 Å². The van der Waals surface area contributed by atoms with Gasteiger partial charge >= 0.3 is 0 Å². The Kier molecular flexibility index (Phi) is 4.84. The normalized spacial score (nSPS) is 11.3. The van der Waals surface area contributed by atoms with E-state index in [1.807, 2.05) is 0 Å². The van der Waals surface area contributed by atoms with Crippen molar-refractivity contribution in [2.45, 2.75) is 18.0 Å². The van der Waals surface area contributed by atoms with Crippen molar-refractivity contribution in [2.75, 3.05) is 7.11 Å². The highest BCUT2D eigenvalue weighted by molar-refractivity contribution is 7.89. The molecule has 0 saturated heterocycles. The Morgan fingerprint density at radius 1 is 1.33 bits per heavy atom. The van der Waals surface area contributed by atoms with Gasteiger partial charge in [-0.15, -0.1) is 0 Å². The predicted molar refractivity (Wildman–Crippen MR) is 76.9 cm³/mol. The minimum Gasteiger partial charge on any atom is -0.495 e. The van der Waals surface area contributed by atoms with Gasteiger partial charge in [-0.3, -0.25) is 0 Å². The molecule has 7 nitrogen and oxygen atoms in total. The number of hydrogen-bond acceptors (Lipinski definition) is 6. The van der Waals surface area contributed by atoms with Crippen LogP contribution in [0, 0.1) is 0 Å². The molecule has 1 aromatic heterocycles. The van der Waals surface area contributed by atoms with Crippen LogP contribution in [-0.4, -0.2) is 25.7 Å². The molecule has 2 aromatic rings. The molecule has 2 rings (SSSR count).